The summed E-state index contributed by atoms with van der Waals surface area (Å²) in [5.41, 5.74) is 7.47. The predicted molar refractivity (Wildman–Crippen MR) is 77.9 cm³/mol. The standard InChI is InChI=1S/C14H16N4O3/c1-20-14(19)11-8-21-7-6-18(11)13-12(15)16-9-4-2-3-5-10(9)17-13/h2-5,11H,6-8H2,1H3,(H2,15,16). The molecule has 21 heavy (non-hydrogen) atoms. The summed E-state index contributed by atoms with van der Waals surface area (Å²) in [5, 5.41) is 0. The van der Waals surface area contributed by atoms with E-state index in [1.807, 2.05) is 24.3 Å². The Hall–Kier alpha value is -2.41. The first-order valence-electron chi connectivity index (χ1n) is 6.65. The van der Waals surface area contributed by atoms with Crippen LogP contribution in [-0.4, -0.2) is 48.8 Å². The summed E-state index contributed by atoms with van der Waals surface area (Å²) in [4.78, 5) is 22.6. The van der Waals surface area contributed by atoms with Crippen LogP contribution in [0.15, 0.2) is 24.3 Å². The number of hydrogen-bond acceptors (Lipinski definition) is 7. The summed E-state index contributed by atoms with van der Waals surface area (Å²) in [6, 6.07) is 6.91. The van der Waals surface area contributed by atoms with Crippen molar-refractivity contribution in [2.75, 3.05) is 37.5 Å². The number of fused-ring (bicyclic) bond motifs is 1. The molecule has 1 atom stereocenters. The second-order valence-corrected chi connectivity index (χ2v) is 4.73. The van der Waals surface area contributed by atoms with Crippen LogP contribution >= 0.6 is 0 Å². The van der Waals surface area contributed by atoms with Gasteiger partial charge in [-0.05, 0) is 12.1 Å². The third kappa shape index (κ3) is 2.47. The minimum Gasteiger partial charge on any atom is -0.467 e. The highest BCUT2D eigenvalue weighted by Gasteiger charge is 2.32. The van der Waals surface area contributed by atoms with Gasteiger partial charge in [-0.2, -0.15) is 0 Å². The van der Waals surface area contributed by atoms with Crippen molar-refractivity contribution in [2.45, 2.75) is 6.04 Å². The maximum atomic E-state index is 11.9. The van der Waals surface area contributed by atoms with Crippen LogP contribution < -0.4 is 10.6 Å². The number of nitrogens with two attached hydrogens (primary N) is 1. The van der Waals surface area contributed by atoms with E-state index in [1.54, 1.807) is 4.90 Å². The van der Waals surface area contributed by atoms with Crippen molar-refractivity contribution in [3.63, 3.8) is 0 Å². The number of ether oxygens (including phenoxy) is 2. The van der Waals surface area contributed by atoms with Gasteiger partial charge in [0.15, 0.2) is 17.7 Å². The van der Waals surface area contributed by atoms with Crippen LogP contribution in [0, 0.1) is 0 Å². The number of esters is 1. The number of benzene rings is 1. The van der Waals surface area contributed by atoms with Crippen molar-refractivity contribution < 1.29 is 14.3 Å². The second kappa shape index (κ2) is 5.53. The molecule has 0 amide bonds. The van der Waals surface area contributed by atoms with Crippen LogP contribution in [-0.2, 0) is 14.3 Å². The molecule has 1 unspecified atom stereocenters. The lowest BCUT2D eigenvalue weighted by Gasteiger charge is -2.34. The van der Waals surface area contributed by atoms with Crippen molar-refractivity contribution in [3.05, 3.63) is 24.3 Å². The van der Waals surface area contributed by atoms with E-state index in [1.165, 1.54) is 7.11 Å². The SMILES string of the molecule is COC(=O)C1COCCN1c1nc2ccccc2nc1N. The zero-order valence-corrected chi connectivity index (χ0v) is 11.7. The number of anilines is 2. The van der Waals surface area contributed by atoms with Crippen LogP contribution in [0.25, 0.3) is 11.0 Å². The number of carbonyl (C=O) groups excluding carboxylic acids is 1. The molecule has 110 valence electrons. The fraction of sp³-hybridized carbons (Fsp3) is 0.357. The van der Waals surface area contributed by atoms with Crippen LogP contribution in [0.5, 0.6) is 0 Å². The van der Waals surface area contributed by atoms with E-state index in [0.29, 0.717) is 24.8 Å². The lowest BCUT2D eigenvalue weighted by Crippen LogP contribution is -2.51. The number of nitrogens with zero attached hydrogens (tertiary/aromatic N) is 3. The number of nitrogen functional groups attached to an aromatic ring is 1. The molecule has 0 aliphatic carbocycles. The van der Waals surface area contributed by atoms with Gasteiger partial charge in [-0.15, -0.1) is 0 Å². The summed E-state index contributed by atoms with van der Waals surface area (Å²) in [6.07, 6.45) is 0. The number of aromatic nitrogens is 2. The maximum Gasteiger partial charge on any atom is 0.330 e. The highest BCUT2D eigenvalue weighted by Crippen LogP contribution is 2.25. The smallest absolute Gasteiger partial charge is 0.330 e. The second-order valence-electron chi connectivity index (χ2n) is 4.73. The first-order chi connectivity index (χ1) is 10.2. The average Bonchev–Trinajstić information content (AvgIpc) is 2.53. The van der Waals surface area contributed by atoms with Gasteiger partial charge >= 0.3 is 5.97 Å². The van der Waals surface area contributed by atoms with E-state index in [0.717, 1.165) is 11.0 Å². The lowest BCUT2D eigenvalue weighted by atomic mass is 10.2. The zero-order chi connectivity index (χ0) is 14.8. The van der Waals surface area contributed by atoms with Gasteiger partial charge in [0, 0.05) is 6.54 Å². The molecule has 0 saturated carbocycles. The van der Waals surface area contributed by atoms with Gasteiger partial charge in [0.05, 0.1) is 31.4 Å². The minimum absolute atomic E-state index is 0.251. The minimum atomic E-state index is -0.554. The number of methoxy groups -OCH3 is 1. The van der Waals surface area contributed by atoms with E-state index < -0.39 is 6.04 Å². The number of morpholine rings is 1. The molecule has 2 aromatic rings. The predicted octanol–water partition coefficient (Wildman–Crippen LogP) is 0.590. The van der Waals surface area contributed by atoms with Crippen molar-refractivity contribution in [1.29, 1.82) is 0 Å². The van der Waals surface area contributed by atoms with Gasteiger partial charge in [0.2, 0.25) is 0 Å². The molecule has 1 fully saturated rings. The Morgan fingerprint density at radius 2 is 2.10 bits per heavy atom. The van der Waals surface area contributed by atoms with Crippen LogP contribution in [0.4, 0.5) is 11.6 Å². The van der Waals surface area contributed by atoms with E-state index in [4.69, 9.17) is 15.2 Å². The molecule has 0 spiro atoms. The summed E-state index contributed by atoms with van der Waals surface area (Å²) in [6.45, 7) is 1.26. The maximum absolute atomic E-state index is 11.9. The van der Waals surface area contributed by atoms with Gasteiger partial charge in [0.1, 0.15) is 0 Å². The Balaban J connectivity index is 2.04. The number of para-hydroxylation sites is 2. The summed E-state index contributed by atoms with van der Waals surface area (Å²) in [5.74, 6) is 0.418. The van der Waals surface area contributed by atoms with Crippen LogP contribution in [0.3, 0.4) is 0 Å². The molecule has 1 aliphatic rings. The molecule has 0 bridgehead atoms. The van der Waals surface area contributed by atoms with Crippen LogP contribution in [0.1, 0.15) is 0 Å². The third-order valence-electron chi connectivity index (χ3n) is 3.45. The van der Waals surface area contributed by atoms with Crippen molar-refractivity contribution in [2.24, 2.45) is 0 Å². The van der Waals surface area contributed by atoms with E-state index in [2.05, 4.69) is 9.97 Å². The quantitative estimate of drug-likeness (QED) is 0.809. The molecule has 2 N–H and O–H groups in total. The van der Waals surface area contributed by atoms with Gasteiger partial charge in [-0.1, -0.05) is 12.1 Å². The van der Waals surface area contributed by atoms with Gasteiger partial charge in [-0.25, -0.2) is 14.8 Å². The first-order valence-corrected chi connectivity index (χ1v) is 6.65. The van der Waals surface area contributed by atoms with Gasteiger partial charge in [0.25, 0.3) is 0 Å². The third-order valence-corrected chi connectivity index (χ3v) is 3.45. The first kappa shape index (κ1) is 13.6. The van der Waals surface area contributed by atoms with Crippen molar-refractivity contribution in [1.82, 2.24) is 9.97 Å². The average molecular weight is 288 g/mol. The molecular weight excluding hydrogens is 272 g/mol. The number of hydrogen-bond donors (Lipinski definition) is 1. The molecule has 0 radical (unpaired) electrons. The Morgan fingerprint density at radius 1 is 1.38 bits per heavy atom. The molecule has 1 aromatic heterocycles. The largest absolute Gasteiger partial charge is 0.467 e. The van der Waals surface area contributed by atoms with Gasteiger partial charge < -0.3 is 20.1 Å². The topological polar surface area (TPSA) is 90.6 Å². The number of carbonyl (C=O) groups is 1. The molecule has 2 heterocycles. The van der Waals surface area contributed by atoms with Crippen molar-refractivity contribution in [3.8, 4) is 0 Å². The molecular formula is C14H16N4O3. The monoisotopic (exact) mass is 288 g/mol. The lowest BCUT2D eigenvalue weighted by molar-refractivity contribution is -0.144. The zero-order valence-electron chi connectivity index (χ0n) is 11.7. The summed E-state index contributed by atoms with van der Waals surface area (Å²) in [7, 11) is 1.35. The Kier molecular flexibility index (Phi) is 3.57. The fourth-order valence-corrected chi connectivity index (χ4v) is 2.40. The Bertz CT molecular complexity index is 676. The van der Waals surface area contributed by atoms with E-state index >= 15 is 0 Å². The number of rotatable bonds is 2. The molecule has 1 aliphatic heterocycles. The Labute approximate surface area is 121 Å². The van der Waals surface area contributed by atoms with Crippen molar-refractivity contribution >= 4 is 28.6 Å². The molecule has 7 heteroatoms. The molecule has 3 rings (SSSR count). The summed E-state index contributed by atoms with van der Waals surface area (Å²) < 4.78 is 10.2. The summed E-state index contributed by atoms with van der Waals surface area (Å²) >= 11 is 0. The fourth-order valence-electron chi connectivity index (χ4n) is 2.40. The molecule has 7 nitrogen and oxygen atoms in total. The highest BCUT2D eigenvalue weighted by molar-refractivity contribution is 5.84. The normalized spacial score (nSPS) is 18.7. The van der Waals surface area contributed by atoms with E-state index in [-0.39, 0.29) is 12.6 Å². The van der Waals surface area contributed by atoms with Gasteiger partial charge in [-0.3, -0.25) is 0 Å². The molecule has 1 saturated heterocycles. The molecule has 1 aromatic carbocycles. The van der Waals surface area contributed by atoms with Crippen LogP contribution in [0.2, 0.25) is 0 Å². The highest BCUT2D eigenvalue weighted by atomic mass is 16.5. The van der Waals surface area contributed by atoms with E-state index in [9.17, 15) is 4.79 Å². The Morgan fingerprint density at radius 3 is 2.81 bits per heavy atom.